The first-order valence-corrected chi connectivity index (χ1v) is 6.03. The van der Waals surface area contributed by atoms with Gasteiger partial charge < -0.3 is 14.5 Å². The summed E-state index contributed by atoms with van der Waals surface area (Å²) in [5, 5.41) is 3.57. The molecule has 0 aliphatic carbocycles. The molecule has 2 atom stereocenters. The van der Waals surface area contributed by atoms with Gasteiger partial charge in [0.1, 0.15) is 5.76 Å². The van der Waals surface area contributed by atoms with Crippen molar-refractivity contribution in [1.29, 1.82) is 0 Å². The second-order valence-electron chi connectivity index (χ2n) is 4.29. The van der Waals surface area contributed by atoms with Crippen LogP contribution in [0.15, 0.2) is 22.8 Å². The van der Waals surface area contributed by atoms with Crippen LogP contribution in [0.25, 0.3) is 0 Å². The summed E-state index contributed by atoms with van der Waals surface area (Å²) < 4.78 is 10.5. The second kappa shape index (κ2) is 7.47. The summed E-state index contributed by atoms with van der Waals surface area (Å²) in [5.41, 5.74) is 0. The number of ether oxygens (including phenoxy) is 1. The van der Waals surface area contributed by atoms with Gasteiger partial charge in [-0.2, -0.15) is 0 Å². The summed E-state index contributed by atoms with van der Waals surface area (Å²) in [6.45, 7) is 5.15. The van der Waals surface area contributed by atoms with Crippen molar-refractivity contribution in [1.82, 2.24) is 5.32 Å². The highest BCUT2D eigenvalue weighted by Crippen LogP contribution is 2.06. The molecule has 0 aliphatic rings. The zero-order chi connectivity index (χ0) is 11.8. The third-order valence-corrected chi connectivity index (χ3v) is 2.61. The fourth-order valence-electron chi connectivity index (χ4n) is 1.96. The van der Waals surface area contributed by atoms with Crippen LogP contribution >= 0.6 is 0 Å². The van der Waals surface area contributed by atoms with Crippen molar-refractivity contribution in [2.75, 3.05) is 13.7 Å². The fourth-order valence-corrected chi connectivity index (χ4v) is 1.96. The fraction of sp³-hybridized carbons (Fsp3) is 0.692. The number of furan rings is 1. The molecule has 3 heteroatoms. The van der Waals surface area contributed by atoms with E-state index in [-0.39, 0.29) is 0 Å². The van der Waals surface area contributed by atoms with E-state index < -0.39 is 0 Å². The van der Waals surface area contributed by atoms with E-state index in [1.165, 1.54) is 6.42 Å². The van der Waals surface area contributed by atoms with Crippen LogP contribution in [0.5, 0.6) is 0 Å². The summed E-state index contributed by atoms with van der Waals surface area (Å²) in [5.74, 6) is 1.03. The summed E-state index contributed by atoms with van der Waals surface area (Å²) in [4.78, 5) is 0. The van der Waals surface area contributed by atoms with Crippen molar-refractivity contribution in [3.8, 4) is 0 Å². The molecule has 0 spiro atoms. The Morgan fingerprint density at radius 1 is 1.50 bits per heavy atom. The number of methoxy groups -OCH3 is 1. The molecule has 1 N–H and O–H groups in total. The molecule has 0 aliphatic heterocycles. The highest BCUT2D eigenvalue weighted by atomic mass is 16.5. The van der Waals surface area contributed by atoms with Gasteiger partial charge in [0.2, 0.25) is 0 Å². The largest absolute Gasteiger partial charge is 0.469 e. The summed E-state index contributed by atoms with van der Waals surface area (Å²) >= 11 is 0. The summed E-state index contributed by atoms with van der Waals surface area (Å²) in [6.07, 6.45) is 4.97. The average Bonchev–Trinajstić information content (AvgIpc) is 2.71. The minimum absolute atomic E-state index is 0.415. The lowest BCUT2D eigenvalue weighted by Gasteiger charge is -2.21. The van der Waals surface area contributed by atoms with Crippen molar-refractivity contribution in [3.05, 3.63) is 24.2 Å². The van der Waals surface area contributed by atoms with Crippen LogP contribution < -0.4 is 5.32 Å². The van der Waals surface area contributed by atoms with E-state index in [9.17, 15) is 0 Å². The molecule has 0 amide bonds. The van der Waals surface area contributed by atoms with Gasteiger partial charge in [0, 0.05) is 25.6 Å². The van der Waals surface area contributed by atoms with Crippen LogP contribution in [-0.2, 0) is 11.2 Å². The molecule has 0 saturated carbocycles. The third kappa shape index (κ3) is 4.81. The van der Waals surface area contributed by atoms with E-state index in [2.05, 4.69) is 19.2 Å². The average molecular weight is 225 g/mol. The molecule has 0 radical (unpaired) electrons. The number of rotatable bonds is 8. The minimum Gasteiger partial charge on any atom is -0.469 e. The Labute approximate surface area is 98.2 Å². The molecule has 16 heavy (non-hydrogen) atoms. The second-order valence-corrected chi connectivity index (χ2v) is 4.29. The third-order valence-electron chi connectivity index (χ3n) is 2.61. The number of nitrogens with one attached hydrogen (secondary N) is 1. The van der Waals surface area contributed by atoms with Gasteiger partial charge in [0.25, 0.3) is 0 Å². The lowest BCUT2D eigenvalue weighted by molar-refractivity contribution is 0.156. The molecule has 0 saturated heterocycles. The SMILES string of the molecule is CCCC(COC)NC(C)Cc1ccco1. The predicted molar refractivity (Wildman–Crippen MR) is 65.6 cm³/mol. The van der Waals surface area contributed by atoms with Crippen LogP contribution in [0.2, 0.25) is 0 Å². The van der Waals surface area contributed by atoms with Gasteiger partial charge in [-0.05, 0) is 25.5 Å². The molecule has 1 rings (SSSR count). The Kier molecular flexibility index (Phi) is 6.19. The Balaban J connectivity index is 2.32. The Morgan fingerprint density at radius 3 is 2.88 bits per heavy atom. The van der Waals surface area contributed by atoms with Gasteiger partial charge >= 0.3 is 0 Å². The van der Waals surface area contributed by atoms with Gasteiger partial charge in [-0.3, -0.25) is 0 Å². The van der Waals surface area contributed by atoms with Crippen LogP contribution in [0.3, 0.4) is 0 Å². The molecule has 0 bridgehead atoms. The van der Waals surface area contributed by atoms with Crippen molar-refractivity contribution in [2.24, 2.45) is 0 Å². The maximum absolute atomic E-state index is 5.33. The van der Waals surface area contributed by atoms with Crippen molar-refractivity contribution in [2.45, 2.75) is 45.2 Å². The monoisotopic (exact) mass is 225 g/mol. The van der Waals surface area contributed by atoms with E-state index in [1.54, 1.807) is 13.4 Å². The van der Waals surface area contributed by atoms with Crippen LogP contribution in [0.4, 0.5) is 0 Å². The van der Waals surface area contributed by atoms with E-state index >= 15 is 0 Å². The van der Waals surface area contributed by atoms with Gasteiger partial charge in [-0.15, -0.1) is 0 Å². The van der Waals surface area contributed by atoms with Crippen LogP contribution in [0.1, 0.15) is 32.4 Å². The van der Waals surface area contributed by atoms with Crippen molar-refractivity contribution in [3.63, 3.8) is 0 Å². The van der Waals surface area contributed by atoms with Gasteiger partial charge in [0.05, 0.1) is 12.9 Å². The van der Waals surface area contributed by atoms with Crippen molar-refractivity contribution >= 4 is 0 Å². The van der Waals surface area contributed by atoms with Crippen molar-refractivity contribution < 1.29 is 9.15 Å². The lowest BCUT2D eigenvalue weighted by atomic mass is 10.1. The maximum Gasteiger partial charge on any atom is 0.105 e. The normalized spacial score (nSPS) is 14.9. The summed E-state index contributed by atoms with van der Waals surface area (Å²) in [6, 6.07) is 4.81. The first kappa shape index (κ1) is 13.3. The smallest absolute Gasteiger partial charge is 0.105 e. The first-order valence-electron chi connectivity index (χ1n) is 6.03. The number of hydrogen-bond acceptors (Lipinski definition) is 3. The Hall–Kier alpha value is -0.800. The zero-order valence-electron chi connectivity index (χ0n) is 10.5. The highest BCUT2D eigenvalue weighted by molar-refractivity contribution is 5.00. The minimum atomic E-state index is 0.415. The maximum atomic E-state index is 5.33. The highest BCUT2D eigenvalue weighted by Gasteiger charge is 2.12. The zero-order valence-corrected chi connectivity index (χ0v) is 10.5. The van der Waals surface area contributed by atoms with Crippen LogP contribution in [-0.4, -0.2) is 25.8 Å². The van der Waals surface area contributed by atoms with Gasteiger partial charge in [0.15, 0.2) is 0 Å². The standard InChI is InChI=1S/C13H23NO2/c1-4-6-12(10-15-3)14-11(2)9-13-7-5-8-16-13/h5,7-8,11-12,14H,4,6,9-10H2,1-3H3. The summed E-state index contributed by atoms with van der Waals surface area (Å²) in [7, 11) is 1.75. The topological polar surface area (TPSA) is 34.4 Å². The van der Waals surface area contributed by atoms with E-state index in [4.69, 9.17) is 9.15 Å². The molecular formula is C13H23NO2. The quantitative estimate of drug-likeness (QED) is 0.738. The van der Waals surface area contributed by atoms with E-state index in [0.717, 1.165) is 25.2 Å². The molecule has 0 fully saturated rings. The first-order chi connectivity index (χ1) is 7.76. The lowest BCUT2D eigenvalue weighted by Crippen LogP contribution is -2.40. The molecule has 1 aromatic heterocycles. The molecular weight excluding hydrogens is 202 g/mol. The molecule has 92 valence electrons. The van der Waals surface area contributed by atoms with Crippen LogP contribution in [0, 0.1) is 0 Å². The van der Waals surface area contributed by atoms with E-state index in [0.29, 0.717) is 12.1 Å². The Bertz CT molecular complexity index is 253. The molecule has 1 aromatic rings. The van der Waals surface area contributed by atoms with Gasteiger partial charge in [-0.25, -0.2) is 0 Å². The van der Waals surface area contributed by atoms with Gasteiger partial charge in [-0.1, -0.05) is 13.3 Å². The number of hydrogen-bond donors (Lipinski definition) is 1. The molecule has 3 nitrogen and oxygen atoms in total. The van der Waals surface area contributed by atoms with E-state index in [1.807, 2.05) is 12.1 Å². The molecule has 0 aromatic carbocycles. The molecule has 1 heterocycles. The predicted octanol–water partition coefficient (Wildman–Crippen LogP) is 2.62. The molecule has 2 unspecified atom stereocenters. The Morgan fingerprint density at radius 2 is 2.31 bits per heavy atom.